The Morgan fingerprint density at radius 3 is 2.21 bits per heavy atom. The van der Waals surface area contributed by atoms with E-state index in [0.29, 0.717) is 17.9 Å². The van der Waals surface area contributed by atoms with Gasteiger partial charge in [-0.15, -0.1) is 0 Å². The number of nitrogens with one attached hydrogen (secondary N) is 1. The molecule has 0 spiro atoms. The molecule has 0 unspecified atom stereocenters. The van der Waals surface area contributed by atoms with Crippen molar-refractivity contribution < 1.29 is 22.7 Å². The van der Waals surface area contributed by atoms with E-state index in [2.05, 4.69) is 5.32 Å². The minimum atomic E-state index is -3.71. The predicted molar refractivity (Wildman–Crippen MR) is 114 cm³/mol. The third-order valence-corrected chi connectivity index (χ3v) is 5.79. The summed E-state index contributed by atoms with van der Waals surface area (Å²) in [6.07, 6.45) is 1.40. The number of methoxy groups -OCH3 is 2. The molecule has 0 fully saturated rings. The van der Waals surface area contributed by atoms with Crippen molar-refractivity contribution in [2.45, 2.75) is 32.4 Å². The number of hydrogen-bond acceptors (Lipinski definition) is 5. The standard InChI is InChI=1S/C21H28N2O5S/c1-6-20(21(24)22-15(2)16-10-12-18(27-3)13-11-16)23(29(5,25)26)17-8-7-9-19(14-17)28-4/h7-15,20H,6H2,1-5H3,(H,22,24)/t15-,20-/m1/s1. The molecule has 0 radical (unpaired) electrons. The molecule has 1 N–H and O–H groups in total. The summed E-state index contributed by atoms with van der Waals surface area (Å²) in [6, 6.07) is 12.8. The molecule has 158 valence electrons. The lowest BCUT2D eigenvalue weighted by Crippen LogP contribution is -2.49. The highest BCUT2D eigenvalue weighted by Gasteiger charge is 2.32. The van der Waals surface area contributed by atoms with Crippen molar-refractivity contribution in [2.24, 2.45) is 0 Å². The Morgan fingerprint density at radius 2 is 1.69 bits per heavy atom. The summed E-state index contributed by atoms with van der Waals surface area (Å²) in [5, 5.41) is 2.92. The van der Waals surface area contributed by atoms with Crippen molar-refractivity contribution in [2.75, 3.05) is 24.8 Å². The number of benzene rings is 2. The predicted octanol–water partition coefficient (Wildman–Crippen LogP) is 3.13. The van der Waals surface area contributed by atoms with Gasteiger partial charge in [0, 0.05) is 6.07 Å². The highest BCUT2D eigenvalue weighted by atomic mass is 32.2. The number of hydrogen-bond donors (Lipinski definition) is 1. The molecule has 2 rings (SSSR count). The normalized spacial score (nSPS) is 13.3. The van der Waals surface area contributed by atoms with Crippen LogP contribution in [0, 0.1) is 0 Å². The molecule has 0 bridgehead atoms. The number of nitrogens with zero attached hydrogens (tertiary/aromatic N) is 1. The molecule has 0 saturated heterocycles. The van der Waals surface area contributed by atoms with E-state index in [4.69, 9.17) is 9.47 Å². The van der Waals surface area contributed by atoms with Crippen LogP contribution in [0.5, 0.6) is 11.5 Å². The zero-order valence-electron chi connectivity index (χ0n) is 17.4. The van der Waals surface area contributed by atoms with E-state index >= 15 is 0 Å². The van der Waals surface area contributed by atoms with Crippen LogP contribution < -0.4 is 19.1 Å². The molecule has 2 aromatic rings. The van der Waals surface area contributed by atoms with Crippen LogP contribution in [0.4, 0.5) is 5.69 Å². The van der Waals surface area contributed by atoms with E-state index < -0.39 is 16.1 Å². The Kier molecular flexibility index (Phi) is 7.50. The van der Waals surface area contributed by atoms with Gasteiger partial charge in [-0.3, -0.25) is 9.10 Å². The number of carbonyl (C=O) groups is 1. The minimum Gasteiger partial charge on any atom is -0.497 e. The quantitative estimate of drug-likeness (QED) is 0.674. The molecule has 2 atom stereocenters. The average molecular weight is 421 g/mol. The van der Waals surface area contributed by atoms with E-state index in [1.165, 1.54) is 7.11 Å². The van der Waals surface area contributed by atoms with Crippen LogP contribution in [0.3, 0.4) is 0 Å². The molecule has 7 nitrogen and oxygen atoms in total. The second-order valence-electron chi connectivity index (χ2n) is 6.69. The second-order valence-corrected chi connectivity index (χ2v) is 8.55. The molecular formula is C21H28N2O5S. The Morgan fingerprint density at radius 1 is 1.07 bits per heavy atom. The van der Waals surface area contributed by atoms with Gasteiger partial charge in [0.2, 0.25) is 15.9 Å². The van der Waals surface area contributed by atoms with Crippen LogP contribution in [0.25, 0.3) is 0 Å². The molecule has 29 heavy (non-hydrogen) atoms. The summed E-state index contributed by atoms with van der Waals surface area (Å²) in [5.74, 6) is 0.863. The van der Waals surface area contributed by atoms with Crippen LogP contribution in [0.15, 0.2) is 48.5 Å². The van der Waals surface area contributed by atoms with Crippen LogP contribution >= 0.6 is 0 Å². The number of ether oxygens (including phenoxy) is 2. The third kappa shape index (κ3) is 5.63. The summed E-state index contributed by atoms with van der Waals surface area (Å²) < 4.78 is 36.6. The largest absolute Gasteiger partial charge is 0.497 e. The smallest absolute Gasteiger partial charge is 0.244 e. The Hall–Kier alpha value is -2.74. The second kappa shape index (κ2) is 9.65. The maximum absolute atomic E-state index is 13.0. The topological polar surface area (TPSA) is 84.9 Å². The first kappa shape index (κ1) is 22.5. The molecule has 0 aromatic heterocycles. The van der Waals surface area contributed by atoms with E-state index in [-0.39, 0.29) is 11.9 Å². The lowest BCUT2D eigenvalue weighted by atomic mass is 10.1. The zero-order valence-corrected chi connectivity index (χ0v) is 18.2. The van der Waals surface area contributed by atoms with E-state index in [1.807, 2.05) is 31.2 Å². The van der Waals surface area contributed by atoms with Crippen LogP contribution in [0.2, 0.25) is 0 Å². The van der Waals surface area contributed by atoms with E-state index in [9.17, 15) is 13.2 Å². The zero-order chi connectivity index (χ0) is 21.6. The number of rotatable bonds is 9. The maximum Gasteiger partial charge on any atom is 0.244 e. The fourth-order valence-corrected chi connectivity index (χ4v) is 4.30. The van der Waals surface area contributed by atoms with Crippen molar-refractivity contribution in [1.29, 1.82) is 0 Å². The van der Waals surface area contributed by atoms with Crippen molar-refractivity contribution in [1.82, 2.24) is 5.32 Å². The molecule has 0 saturated carbocycles. The van der Waals surface area contributed by atoms with Gasteiger partial charge in [-0.2, -0.15) is 0 Å². The van der Waals surface area contributed by atoms with E-state index in [1.54, 1.807) is 38.3 Å². The lowest BCUT2D eigenvalue weighted by Gasteiger charge is -2.31. The van der Waals surface area contributed by atoms with Crippen molar-refractivity contribution >= 4 is 21.6 Å². The van der Waals surface area contributed by atoms with Gasteiger partial charge in [0.05, 0.1) is 32.2 Å². The highest BCUT2D eigenvalue weighted by molar-refractivity contribution is 7.92. The van der Waals surface area contributed by atoms with Crippen molar-refractivity contribution in [3.05, 3.63) is 54.1 Å². The van der Waals surface area contributed by atoms with Gasteiger partial charge in [0.1, 0.15) is 17.5 Å². The molecule has 2 aromatic carbocycles. The Labute approximate surface area is 172 Å². The fraction of sp³-hybridized carbons (Fsp3) is 0.381. The first-order valence-electron chi connectivity index (χ1n) is 9.29. The fourth-order valence-electron chi connectivity index (χ4n) is 3.09. The SMILES string of the molecule is CC[C@H](C(=O)N[C@H](C)c1ccc(OC)cc1)N(c1cccc(OC)c1)S(C)(=O)=O. The average Bonchev–Trinajstić information content (AvgIpc) is 2.70. The number of anilines is 1. The van der Waals surface area contributed by atoms with Crippen molar-refractivity contribution in [3.63, 3.8) is 0 Å². The van der Waals surface area contributed by atoms with Gasteiger partial charge in [-0.1, -0.05) is 25.1 Å². The highest BCUT2D eigenvalue weighted by Crippen LogP contribution is 2.27. The first-order valence-corrected chi connectivity index (χ1v) is 11.1. The van der Waals surface area contributed by atoms with Crippen molar-refractivity contribution in [3.8, 4) is 11.5 Å². The number of carbonyl (C=O) groups excluding carboxylic acids is 1. The lowest BCUT2D eigenvalue weighted by molar-refractivity contribution is -0.122. The van der Waals surface area contributed by atoms with Crippen LogP contribution in [-0.2, 0) is 14.8 Å². The molecule has 0 aliphatic carbocycles. The summed E-state index contributed by atoms with van der Waals surface area (Å²) in [7, 11) is -0.616. The molecule has 8 heteroatoms. The monoisotopic (exact) mass is 420 g/mol. The number of amides is 1. The Bertz CT molecular complexity index is 928. The molecular weight excluding hydrogens is 392 g/mol. The first-order chi connectivity index (χ1) is 13.7. The summed E-state index contributed by atoms with van der Waals surface area (Å²) in [6.45, 7) is 3.63. The summed E-state index contributed by atoms with van der Waals surface area (Å²) >= 11 is 0. The Balaban J connectivity index is 2.29. The summed E-state index contributed by atoms with van der Waals surface area (Å²) in [4.78, 5) is 13.0. The van der Waals surface area contributed by atoms with Gasteiger partial charge >= 0.3 is 0 Å². The molecule has 0 heterocycles. The molecule has 1 amide bonds. The minimum absolute atomic E-state index is 0.297. The molecule has 0 aliphatic heterocycles. The van der Waals surface area contributed by atoms with Gasteiger partial charge in [0.25, 0.3) is 0 Å². The summed E-state index contributed by atoms with van der Waals surface area (Å²) in [5.41, 5.74) is 1.27. The van der Waals surface area contributed by atoms with Crippen LogP contribution in [-0.4, -0.2) is 40.8 Å². The third-order valence-electron chi connectivity index (χ3n) is 4.61. The maximum atomic E-state index is 13.0. The van der Waals surface area contributed by atoms with Gasteiger partial charge in [-0.05, 0) is 43.2 Å². The van der Waals surface area contributed by atoms with E-state index in [0.717, 1.165) is 21.9 Å². The molecule has 0 aliphatic rings. The van der Waals surface area contributed by atoms with Gasteiger partial charge in [0.15, 0.2) is 0 Å². The number of sulfonamides is 1. The van der Waals surface area contributed by atoms with Gasteiger partial charge in [-0.25, -0.2) is 8.42 Å². The van der Waals surface area contributed by atoms with Gasteiger partial charge < -0.3 is 14.8 Å². The van der Waals surface area contributed by atoms with Crippen LogP contribution in [0.1, 0.15) is 31.9 Å².